The van der Waals surface area contributed by atoms with E-state index < -0.39 is 6.29 Å². The Labute approximate surface area is 58.4 Å². The van der Waals surface area contributed by atoms with Crippen molar-refractivity contribution >= 4 is 6.47 Å². The van der Waals surface area contributed by atoms with Gasteiger partial charge in [-0.15, -0.1) is 0 Å². The standard InChI is InChI=1S/C5H10O5/c1-2-9-5(10-7)3-8-4-6/h4-5,7H,2-3H2,1H3. The molecule has 0 amide bonds. The molecule has 5 heteroatoms. The normalized spacial score (nSPS) is 12.6. The van der Waals surface area contributed by atoms with Crippen molar-refractivity contribution < 1.29 is 24.4 Å². The van der Waals surface area contributed by atoms with Crippen molar-refractivity contribution in [3.05, 3.63) is 0 Å². The average molecular weight is 150 g/mol. The van der Waals surface area contributed by atoms with Crippen LogP contribution in [0.15, 0.2) is 0 Å². The molecule has 0 aliphatic carbocycles. The third-order valence-electron chi connectivity index (χ3n) is 0.770. The topological polar surface area (TPSA) is 65.0 Å². The van der Waals surface area contributed by atoms with Crippen molar-refractivity contribution in [1.29, 1.82) is 0 Å². The van der Waals surface area contributed by atoms with Crippen molar-refractivity contribution in [2.75, 3.05) is 13.2 Å². The van der Waals surface area contributed by atoms with Crippen LogP contribution >= 0.6 is 0 Å². The fourth-order valence-electron chi connectivity index (χ4n) is 0.413. The van der Waals surface area contributed by atoms with E-state index in [0.29, 0.717) is 6.61 Å². The molecule has 0 aromatic carbocycles. The Morgan fingerprint density at radius 3 is 2.80 bits per heavy atom. The molecule has 1 unspecified atom stereocenters. The Hall–Kier alpha value is -0.650. The van der Waals surface area contributed by atoms with Gasteiger partial charge < -0.3 is 9.47 Å². The molecule has 5 nitrogen and oxygen atoms in total. The fraction of sp³-hybridized carbons (Fsp3) is 0.800. The first-order chi connectivity index (χ1) is 4.85. The third kappa shape index (κ3) is 4.25. The number of carbonyl (C=O) groups excluding carboxylic acids is 1. The Bertz CT molecular complexity index is 84.1. The van der Waals surface area contributed by atoms with Crippen LogP contribution in [0.2, 0.25) is 0 Å². The largest absolute Gasteiger partial charge is 0.462 e. The second kappa shape index (κ2) is 6.47. The minimum atomic E-state index is -0.879. The van der Waals surface area contributed by atoms with Crippen molar-refractivity contribution in [1.82, 2.24) is 0 Å². The van der Waals surface area contributed by atoms with E-state index in [1.807, 2.05) is 0 Å². The molecule has 0 aromatic rings. The van der Waals surface area contributed by atoms with Gasteiger partial charge in [0.05, 0.1) is 0 Å². The van der Waals surface area contributed by atoms with Gasteiger partial charge >= 0.3 is 0 Å². The van der Waals surface area contributed by atoms with E-state index in [1.54, 1.807) is 6.92 Å². The summed E-state index contributed by atoms with van der Waals surface area (Å²) in [5.74, 6) is 0. The third-order valence-corrected chi connectivity index (χ3v) is 0.770. The Balaban J connectivity index is 3.29. The van der Waals surface area contributed by atoms with E-state index in [1.165, 1.54) is 0 Å². The molecule has 10 heavy (non-hydrogen) atoms. The van der Waals surface area contributed by atoms with E-state index in [4.69, 9.17) is 9.99 Å². The molecular formula is C5H10O5. The molecule has 1 N–H and O–H groups in total. The molecule has 0 heterocycles. The molecule has 0 aliphatic rings. The van der Waals surface area contributed by atoms with E-state index >= 15 is 0 Å². The zero-order valence-corrected chi connectivity index (χ0v) is 5.65. The minimum Gasteiger partial charge on any atom is -0.462 e. The summed E-state index contributed by atoms with van der Waals surface area (Å²) in [7, 11) is 0. The fourth-order valence-corrected chi connectivity index (χ4v) is 0.413. The van der Waals surface area contributed by atoms with Gasteiger partial charge in [-0.25, -0.2) is 10.1 Å². The van der Waals surface area contributed by atoms with Crippen LogP contribution in [0, 0.1) is 0 Å². The predicted octanol–water partition coefficient (Wildman–Crippen LogP) is 0.0116. The van der Waals surface area contributed by atoms with Crippen LogP contribution in [-0.4, -0.2) is 31.2 Å². The first-order valence-corrected chi connectivity index (χ1v) is 2.82. The van der Waals surface area contributed by atoms with Crippen LogP contribution in [0.5, 0.6) is 0 Å². The zero-order valence-electron chi connectivity index (χ0n) is 5.65. The highest BCUT2D eigenvalue weighted by molar-refractivity contribution is 5.36. The summed E-state index contributed by atoms with van der Waals surface area (Å²) in [6.45, 7) is 2.26. The lowest BCUT2D eigenvalue weighted by molar-refractivity contribution is -0.351. The van der Waals surface area contributed by atoms with Gasteiger partial charge in [0.25, 0.3) is 6.47 Å². The Kier molecular flexibility index (Phi) is 6.05. The maximum absolute atomic E-state index is 9.61. The summed E-state index contributed by atoms with van der Waals surface area (Å²) in [5.41, 5.74) is 0. The van der Waals surface area contributed by atoms with E-state index in [0.717, 1.165) is 0 Å². The highest BCUT2D eigenvalue weighted by atomic mass is 17.1. The molecule has 0 spiro atoms. The lowest BCUT2D eigenvalue weighted by atomic mass is 10.7. The van der Waals surface area contributed by atoms with Crippen LogP contribution in [-0.2, 0) is 19.2 Å². The smallest absolute Gasteiger partial charge is 0.293 e. The molecular weight excluding hydrogens is 140 g/mol. The zero-order chi connectivity index (χ0) is 7.82. The highest BCUT2D eigenvalue weighted by Gasteiger charge is 2.07. The molecule has 0 fully saturated rings. The van der Waals surface area contributed by atoms with Crippen LogP contribution in [0.3, 0.4) is 0 Å². The van der Waals surface area contributed by atoms with Gasteiger partial charge in [0.1, 0.15) is 6.61 Å². The highest BCUT2D eigenvalue weighted by Crippen LogP contribution is 1.91. The van der Waals surface area contributed by atoms with Crippen LogP contribution in [0.1, 0.15) is 6.92 Å². The van der Waals surface area contributed by atoms with Gasteiger partial charge in [0, 0.05) is 6.61 Å². The maximum atomic E-state index is 9.61. The SMILES string of the molecule is CCOC(COC=O)OO. The molecule has 0 aromatic heterocycles. The summed E-state index contributed by atoms with van der Waals surface area (Å²) in [4.78, 5) is 13.4. The Morgan fingerprint density at radius 2 is 2.40 bits per heavy atom. The molecule has 1 atom stereocenters. The van der Waals surface area contributed by atoms with Crippen molar-refractivity contribution in [2.45, 2.75) is 13.2 Å². The molecule has 0 radical (unpaired) electrons. The summed E-state index contributed by atoms with van der Waals surface area (Å²) < 4.78 is 8.99. The van der Waals surface area contributed by atoms with E-state index in [9.17, 15) is 4.79 Å². The minimum absolute atomic E-state index is 0.103. The first-order valence-electron chi connectivity index (χ1n) is 2.82. The average Bonchev–Trinajstić information content (AvgIpc) is 1.98. The van der Waals surface area contributed by atoms with Crippen molar-refractivity contribution in [3.8, 4) is 0 Å². The quantitative estimate of drug-likeness (QED) is 0.250. The number of carbonyl (C=O) groups is 1. The molecule has 60 valence electrons. The summed E-state index contributed by atoms with van der Waals surface area (Å²) >= 11 is 0. The lowest BCUT2D eigenvalue weighted by Gasteiger charge is -2.10. The van der Waals surface area contributed by atoms with E-state index in [-0.39, 0.29) is 13.1 Å². The van der Waals surface area contributed by atoms with E-state index in [2.05, 4.69) is 9.62 Å². The van der Waals surface area contributed by atoms with Crippen LogP contribution in [0.4, 0.5) is 0 Å². The number of hydrogen-bond acceptors (Lipinski definition) is 5. The molecule has 0 saturated heterocycles. The van der Waals surface area contributed by atoms with Crippen molar-refractivity contribution in [3.63, 3.8) is 0 Å². The molecule has 0 aliphatic heterocycles. The summed E-state index contributed by atoms with van der Waals surface area (Å²) in [5, 5.41) is 8.06. The van der Waals surface area contributed by atoms with Gasteiger partial charge in [-0.3, -0.25) is 4.79 Å². The maximum Gasteiger partial charge on any atom is 0.293 e. The molecule has 0 saturated carbocycles. The van der Waals surface area contributed by atoms with Gasteiger partial charge in [0.2, 0.25) is 6.29 Å². The van der Waals surface area contributed by atoms with Crippen LogP contribution in [0.25, 0.3) is 0 Å². The summed E-state index contributed by atoms with van der Waals surface area (Å²) in [6, 6.07) is 0. The molecule has 0 rings (SSSR count). The second-order valence-electron chi connectivity index (χ2n) is 1.42. The molecule has 0 bridgehead atoms. The monoisotopic (exact) mass is 150 g/mol. The summed E-state index contributed by atoms with van der Waals surface area (Å²) in [6.07, 6.45) is -0.879. The number of ether oxygens (including phenoxy) is 2. The van der Waals surface area contributed by atoms with Crippen LogP contribution < -0.4 is 0 Å². The Morgan fingerprint density at radius 1 is 1.70 bits per heavy atom. The lowest BCUT2D eigenvalue weighted by Crippen LogP contribution is -2.21. The van der Waals surface area contributed by atoms with Gasteiger partial charge in [0.15, 0.2) is 0 Å². The predicted molar refractivity (Wildman–Crippen MR) is 31.1 cm³/mol. The van der Waals surface area contributed by atoms with Crippen molar-refractivity contribution in [2.24, 2.45) is 0 Å². The van der Waals surface area contributed by atoms with Gasteiger partial charge in [-0.05, 0) is 6.92 Å². The van der Waals surface area contributed by atoms with Gasteiger partial charge in [-0.1, -0.05) is 0 Å². The number of hydrogen-bond donors (Lipinski definition) is 1. The van der Waals surface area contributed by atoms with Gasteiger partial charge in [-0.2, -0.15) is 0 Å². The number of rotatable bonds is 6. The second-order valence-corrected chi connectivity index (χ2v) is 1.42. The first kappa shape index (κ1) is 9.35.